The molecule has 0 fully saturated rings. The lowest BCUT2D eigenvalue weighted by atomic mass is 10.1. The average Bonchev–Trinajstić information content (AvgIpc) is 2.53. The number of hydrogen-bond acceptors (Lipinski definition) is 6. The van der Waals surface area contributed by atoms with Crippen LogP contribution in [0.1, 0.15) is 44.5 Å². The van der Waals surface area contributed by atoms with Crippen molar-refractivity contribution < 1.29 is 26.3 Å². The van der Waals surface area contributed by atoms with Crippen LogP contribution in [0, 0.1) is 0 Å². The van der Waals surface area contributed by atoms with Gasteiger partial charge in [-0.25, -0.2) is 18.4 Å². The molecule has 0 radical (unpaired) electrons. The molecule has 1 aromatic rings. The molecule has 0 aliphatic rings. The molecule has 7 nitrogen and oxygen atoms in total. The summed E-state index contributed by atoms with van der Waals surface area (Å²) in [6.45, 7) is 3.96. The number of unbranched alkanes of at least 4 members (excludes halogenated alkanes) is 1. The van der Waals surface area contributed by atoms with Gasteiger partial charge >= 0.3 is 6.18 Å². The molecule has 0 aliphatic heterocycles. The minimum atomic E-state index is -4.50. The molecule has 0 amide bonds. The molecule has 0 bridgehead atoms. The fourth-order valence-corrected chi connectivity index (χ4v) is 3.70. The highest BCUT2D eigenvalue weighted by molar-refractivity contribution is 7.88. The summed E-state index contributed by atoms with van der Waals surface area (Å²) >= 11 is 0. The molecule has 0 aliphatic carbocycles. The van der Waals surface area contributed by atoms with E-state index in [2.05, 4.69) is 9.97 Å². The van der Waals surface area contributed by atoms with E-state index in [-0.39, 0.29) is 18.8 Å². The fourth-order valence-electron chi connectivity index (χ4n) is 2.67. The van der Waals surface area contributed by atoms with Crippen molar-refractivity contribution in [3.8, 4) is 0 Å². The molecule has 0 spiro atoms. The van der Waals surface area contributed by atoms with Gasteiger partial charge in [-0.3, -0.25) is 4.98 Å². The van der Waals surface area contributed by atoms with Gasteiger partial charge in [0.1, 0.15) is 0 Å². The molecule has 0 saturated carbocycles. The van der Waals surface area contributed by atoms with Crippen molar-refractivity contribution >= 4 is 10.0 Å². The maximum absolute atomic E-state index is 12.5. The second-order valence-electron chi connectivity index (χ2n) is 7.06. The van der Waals surface area contributed by atoms with Crippen molar-refractivity contribution in [1.29, 1.82) is 0 Å². The monoisotopic (exact) mass is 426 g/mol. The number of alkyl halides is 3. The van der Waals surface area contributed by atoms with Gasteiger partial charge in [-0.15, -0.1) is 4.41 Å². The summed E-state index contributed by atoms with van der Waals surface area (Å²) in [5.74, 6) is 0. The first-order valence-corrected chi connectivity index (χ1v) is 10.8. The predicted molar refractivity (Wildman–Crippen MR) is 99.8 cm³/mol. The Morgan fingerprint density at radius 2 is 1.79 bits per heavy atom. The average molecular weight is 427 g/mol. The number of aryl methyl sites for hydroxylation is 1. The minimum Gasteiger partial charge on any atom is -0.374 e. The molecule has 1 unspecified atom stereocenters. The number of ether oxygens (including phenoxy) is 1. The van der Waals surface area contributed by atoms with Gasteiger partial charge in [0.2, 0.25) is 10.0 Å². The van der Waals surface area contributed by atoms with Crippen molar-refractivity contribution in [3.05, 3.63) is 23.8 Å². The van der Waals surface area contributed by atoms with Crippen LogP contribution in [0.2, 0.25) is 0 Å². The standard InChI is InChI=1S/C17H29F3N4O3S/c1-13(2)27-15(12-24(23(3)4)28(5,25)26)9-7-6-8-14-10-22-16(11-21-14)17(18,19)20/h10-11,13,15H,6-9,12H2,1-5H3. The van der Waals surface area contributed by atoms with Gasteiger partial charge in [0.15, 0.2) is 5.69 Å². The maximum Gasteiger partial charge on any atom is 0.434 e. The van der Waals surface area contributed by atoms with Gasteiger partial charge < -0.3 is 4.74 Å². The molecular formula is C17H29F3N4O3S. The zero-order valence-electron chi connectivity index (χ0n) is 16.9. The normalized spacial score (nSPS) is 14.2. The summed E-state index contributed by atoms with van der Waals surface area (Å²) in [4.78, 5) is 7.20. The molecule has 1 rings (SSSR count). The van der Waals surface area contributed by atoms with Crippen LogP contribution in [-0.4, -0.2) is 66.9 Å². The SMILES string of the molecule is CC(C)OC(CCCCc1cnc(C(F)(F)F)cn1)CN(N(C)C)S(C)(=O)=O. The summed E-state index contributed by atoms with van der Waals surface area (Å²) in [6, 6.07) is 0. The molecule has 162 valence electrons. The first-order chi connectivity index (χ1) is 12.8. The Morgan fingerprint density at radius 1 is 1.14 bits per heavy atom. The fraction of sp³-hybridized carbons (Fsp3) is 0.765. The van der Waals surface area contributed by atoms with Gasteiger partial charge in [0.05, 0.1) is 36.9 Å². The minimum absolute atomic E-state index is 0.0608. The number of hydrogen-bond donors (Lipinski definition) is 0. The van der Waals surface area contributed by atoms with Crippen LogP contribution in [0.25, 0.3) is 0 Å². The van der Waals surface area contributed by atoms with Crippen LogP contribution in [0.3, 0.4) is 0 Å². The van der Waals surface area contributed by atoms with E-state index >= 15 is 0 Å². The molecule has 0 aromatic carbocycles. The van der Waals surface area contributed by atoms with Gasteiger partial charge in [0, 0.05) is 20.3 Å². The Labute approximate surface area is 164 Å². The summed E-state index contributed by atoms with van der Waals surface area (Å²) in [6.07, 6.45) is 0.668. The molecule has 28 heavy (non-hydrogen) atoms. The lowest BCUT2D eigenvalue weighted by Crippen LogP contribution is -2.46. The second kappa shape index (κ2) is 10.5. The number of nitrogens with zero attached hydrogens (tertiary/aromatic N) is 4. The number of sulfonamides is 1. The highest BCUT2D eigenvalue weighted by atomic mass is 32.2. The molecular weight excluding hydrogens is 397 g/mol. The molecule has 11 heteroatoms. The van der Waals surface area contributed by atoms with Crippen LogP contribution in [0.5, 0.6) is 0 Å². The molecule has 1 heterocycles. The molecule has 0 saturated heterocycles. The largest absolute Gasteiger partial charge is 0.434 e. The van der Waals surface area contributed by atoms with Crippen molar-refractivity contribution in [1.82, 2.24) is 19.4 Å². The number of aromatic nitrogens is 2. The number of halogens is 3. The first-order valence-electron chi connectivity index (χ1n) is 8.99. The Balaban J connectivity index is 2.59. The third-order valence-corrected chi connectivity index (χ3v) is 5.10. The lowest BCUT2D eigenvalue weighted by molar-refractivity contribution is -0.141. The summed E-state index contributed by atoms with van der Waals surface area (Å²) in [5.41, 5.74) is -0.522. The first kappa shape index (κ1) is 24.7. The predicted octanol–water partition coefficient (Wildman–Crippen LogP) is 2.74. The van der Waals surface area contributed by atoms with E-state index in [1.54, 1.807) is 14.1 Å². The summed E-state index contributed by atoms with van der Waals surface area (Å²) in [5, 5.41) is 1.50. The Kier molecular flexibility index (Phi) is 9.25. The molecule has 1 aromatic heterocycles. The summed E-state index contributed by atoms with van der Waals surface area (Å²) < 4.78 is 68.5. The van der Waals surface area contributed by atoms with Crippen LogP contribution < -0.4 is 0 Å². The van der Waals surface area contributed by atoms with E-state index in [9.17, 15) is 21.6 Å². The Morgan fingerprint density at radius 3 is 2.21 bits per heavy atom. The van der Waals surface area contributed by atoms with E-state index in [1.807, 2.05) is 13.8 Å². The van der Waals surface area contributed by atoms with Crippen LogP contribution in [0.4, 0.5) is 13.2 Å². The van der Waals surface area contributed by atoms with Gasteiger partial charge in [0.25, 0.3) is 0 Å². The van der Waals surface area contributed by atoms with Gasteiger partial charge in [-0.2, -0.15) is 13.2 Å². The number of rotatable bonds is 11. The van der Waals surface area contributed by atoms with Crippen LogP contribution in [0.15, 0.2) is 12.4 Å². The van der Waals surface area contributed by atoms with E-state index in [0.29, 0.717) is 31.4 Å². The van der Waals surface area contributed by atoms with Gasteiger partial charge in [-0.05, 0) is 33.1 Å². The van der Waals surface area contributed by atoms with Crippen molar-refractivity contribution in [3.63, 3.8) is 0 Å². The topological polar surface area (TPSA) is 75.6 Å². The van der Waals surface area contributed by atoms with Crippen molar-refractivity contribution in [2.24, 2.45) is 0 Å². The highest BCUT2D eigenvalue weighted by Crippen LogP contribution is 2.26. The van der Waals surface area contributed by atoms with E-state index in [4.69, 9.17) is 4.74 Å². The van der Waals surface area contributed by atoms with Crippen LogP contribution >= 0.6 is 0 Å². The Bertz CT molecular complexity index is 695. The van der Waals surface area contributed by atoms with Crippen LogP contribution in [-0.2, 0) is 27.4 Å². The molecule has 0 N–H and O–H groups in total. The van der Waals surface area contributed by atoms with E-state index < -0.39 is 21.9 Å². The quantitative estimate of drug-likeness (QED) is 0.400. The maximum atomic E-state index is 12.5. The summed E-state index contributed by atoms with van der Waals surface area (Å²) in [7, 11) is -0.117. The highest BCUT2D eigenvalue weighted by Gasteiger charge is 2.32. The Hall–Kier alpha value is -1.30. The van der Waals surface area contributed by atoms with Crippen molar-refractivity contribution in [2.75, 3.05) is 26.9 Å². The third kappa shape index (κ3) is 8.80. The molecule has 1 atom stereocenters. The zero-order chi connectivity index (χ0) is 21.5. The van der Waals surface area contributed by atoms with E-state index in [1.165, 1.54) is 9.42 Å². The smallest absolute Gasteiger partial charge is 0.374 e. The van der Waals surface area contributed by atoms with E-state index in [0.717, 1.165) is 18.6 Å². The lowest BCUT2D eigenvalue weighted by Gasteiger charge is -2.31. The zero-order valence-corrected chi connectivity index (χ0v) is 17.7. The third-order valence-electron chi connectivity index (χ3n) is 3.86. The van der Waals surface area contributed by atoms with Gasteiger partial charge in [-0.1, -0.05) is 6.42 Å². The van der Waals surface area contributed by atoms with Crippen molar-refractivity contribution in [2.45, 2.75) is 57.9 Å². The number of hydrazine groups is 1. The second-order valence-corrected chi connectivity index (χ2v) is 8.95.